The van der Waals surface area contributed by atoms with Crippen molar-refractivity contribution < 1.29 is 9.26 Å². The van der Waals surface area contributed by atoms with E-state index in [9.17, 15) is 0 Å². The number of hydrogen-bond donors (Lipinski definition) is 1. The van der Waals surface area contributed by atoms with Crippen LogP contribution in [-0.4, -0.2) is 16.7 Å². The topological polar surface area (TPSA) is 74.2 Å². The van der Waals surface area contributed by atoms with Crippen LogP contribution < -0.4 is 5.73 Å². The Hall–Kier alpha value is -0.940. The van der Waals surface area contributed by atoms with E-state index in [1.807, 2.05) is 13.8 Å². The first-order valence-electron chi connectivity index (χ1n) is 5.43. The maximum absolute atomic E-state index is 5.66. The van der Waals surface area contributed by atoms with E-state index in [1.165, 1.54) is 12.8 Å². The van der Waals surface area contributed by atoms with E-state index in [4.69, 9.17) is 15.0 Å². The molecule has 0 spiro atoms. The molecule has 2 N–H and O–H groups in total. The summed E-state index contributed by atoms with van der Waals surface area (Å²) in [4.78, 5) is 4.26. The van der Waals surface area contributed by atoms with Gasteiger partial charge in [-0.3, -0.25) is 0 Å². The minimum absolute atomic E-state index is 0.00810. The molecule has 1 aromatic heterocycles. The Bertz CT molecular complexity index is 320. The Morgan fingerprint density at radius 1 is 1.60 bits per heavy atom. The molecule has 2 rings (SSSR count). The smallest absolute Gasteiger partial charge is 0.243 e. The summed E-state index contributed by atoms with van der Waals surface area (Å²) in [7, 11) is 0. The molecule has 1 fully saturated rings. The van der Waals surface area contributed by atoms with E-state index in [0.29, 0.717) is 24.2 Å². The fourth-order valence-electron chi connectivity index (χ4n) is 1.55. The quantitative estimate of drug-likeness (QED) is 0.800. The molecule has 84 valence electrons. The molecule has 1 heterocycles. The van der Waals surface area contributed by atoms with Crippen LogP contribution in [0.25, 0.3) is 0 Å². The van der Waals surface area contributed by atoms with Gasteiger partial charge in [0.05, 0.1) is 6.04 Å². The Morgan fingerprint density at radius 2 is 2.33 bits per heavy atom. The van der Waals surface area contributed by atoms with Crippen LogP contribution in [0.1, 0.15) is 50.6 Å². The van der Waals surface area contributed by atoms with Gasteiger partial charge in [-0.15, -0.1) is 0 Å². The lowest BCUT2D eigenvalue weighted by Gasteiger charge is -2.11. The van der Waals surface area contributed by atoms with E-state index in [2.05, 4.69) is 10.1 Å². The first-order chi connectivity index (χ1) is 7.22. The number of nitrogens with two attached hydrogens (primary N) is 1. The van der Waals surface area contributed by atoms with Gasteiger partial charge in [-0.1, -0.05) is 5.16 Å². The van der Waals surface area contributed by atoms with Crippen molar-refractivity contribution in [2.24, 2.45) is 11.7 Å². The summed E-state index contributed by atoms with van der Waals surface area (Å²) in [5.74, 6) is 1.69. The summed E-state index contributed by atoms with van der Waals surface area (Å²) in [6.07, 6.45) is 2.37. The van der Waals surface area contributed by atoms with Crippen molar-refractivity contribution in [1.29, 1.82) is 0 Å². The average molecular weight is 211 g/mol. The largest absolute Gasteiger partial charge is 0.370 e. The summed E-state index contributed by atoms with van der Waals surface area (Å²) in [6.45, 7) is 4.47. The van der Waals surface area contributed by atoms with Crippen molar-refractivity contribution in [3.05, 3.63) is 11.7 Å². The molecule has 1 saturated carbocycles. The van der Waals surface area contributed by atoms with Crippen LogP contribution in [0.4, 0.5) is 0 Å². The Labute approximate surface area is 89.0 Å². The molecule has 5 heteroatoms. The van der Waals surface area contributed by atoms with E-state index >= 15 is 0 Å². The molecular weight excluding hydrogens is 194 g/mol. The van der Waals surface area contributed by atoms with Crippen LogP contribution in [-0.2, 0) is 4.74 Å². The third-order valence-electron chi connectivity index (χ3n) is 2.50. The van der Waals surface area contributed by atoms with Crippen molar-refractivity contribution in [2.45, 2.75) is 38.8 Å². The SMILES string of the molecule is CCOC(c1noc([C@@H](C)N)n1)C1CC1. The van der Waals surface area contributed by atoms with Gasteiger partial charge in [0, 0.05) is 6.61 Å². The third kappa shape index (κ3) is 2.35. The fourth-order valence-corrected chi connectivity index (χ4v) is 1.55. The van der Waals surface area contributed by atoms with Crippen molar-refractivity contribution in [3.8, 4) is 0 Å². The van der Waals surface area contributed by atoms with Crippen molar-refractivity contribution in [3.63, 3.8) is 0 Å². The number of ether oxygens (including phenoxy) is 1. The number of aromatic nitrogens is 2. The summed E-state index contributed by atoms with van der Waals surface area (Å²) in [5, 5.41) is 3.93. The van der Waals surface area contributed by atoms with Crippen molar-refractivity contribution >= 4 is 0 Å². The predicted molar refractivity (Wildman–Crippen MR) is 54.0 cm³/mol. The molecule has 1 aliphatic carbocycles. The van der Waals surface area contributed by atoms with E-state index in [-0.39, 0.29) is 12.1 Å². The molecule has 1 unspecified atom stereocenters. The molecule has 0 bridgehead atoms. The fraction of sp³-hybridized carbons (Fsp3) is 0.800. The van der Waals surface area contributed by atoms with Crippen LogP contribution in [0.5, 0.6) is 0 Å². The highest BCUT2D eigenvalue weighted by atomic mass is 16.5. The van der Waals surface area contributed by atoms with Crippen molar-refractivity contribution in [2.75, 3.05) is 6.61 Å². The van der Waals surface area contributed by atoms with E-state index in [0.717, 1.165) is 0 Å². The highest BCUT2D eigenvalue weighted by Gasteiger charge is 2.36. The normalized spacial score (nSPS) is 20.2. The molecule has 1 aliphatic rings. The zero-order valence-electron chi connectivity index (χ0n) is 9.14. The van der Waals surface area contributed by atoms with Crippen LogP contribution in [0.15, 0.2) is 4.52 Å². The van der Waals surface area contributed by atoms with Gasteiger partial charge >= 0.3 is 0 Å². The maximum atomic E-state index is 5.66. The highest BCUT2D eigenvalue weighted by Crippen LogP contribution is 2.42. The lowest BCUT2D eigenvalue weighted by atomic mass is 10.2. The molecule has 0 radical (unpaired) electrons. The van der Waals surface area contributed by atoms with Gasteiger partial charge < -0.3 is 15.0 Å². The second-order valence-electron chi connectivity index (χ2n) is 3.99. The molecule has 15 heavy (non-hydrogen) atoms. The van der Waals surface area contributed by atoms with Crippen LogP contribution in [0, 0.1) is 5.92 Å². The first kappa shape index (κ1) is 10.6. The zero-order chi connectivity index (χ0) is 10.8. The van der Waals surface area contributed by atoms with E-state index < -0.39 is 0 Å². The van der Waals surface area contributed by atoms with Gasteiger partial charge in [0.15, 0.2) is 0 Å². The monoisotopic (exact) mass is 211 g/mol. The molecular formula is C10H17N3O2. The molecule has 1 aromatic rings. The summed E-state index contributed by atoms with van der Waals surface area (Å²) >= 11 is 0. The molecule has 0 aromatic carbocycles. The van der Waals surface area contributed by atoms with Crippen molar-refractivity contribution in [1.82, 2.24) is 10.1 Å². The predicted octanol–water partition coefficient (Wildman–Crippen LogP) is 1.58. The number of nitrogens with zero attached hydrogens (tertiary/aromatic N) is 2. The second kappa shape index (κ2) is 4.28. The van der Waals surface area contributed by atoms with E-state index in [1.54, 1.807) is 0 Å². The Balaban J connectivity index is 2.10. The van der Waals surface area contributed by atoms with Gasteiger partial charge in [0.1, 0.15) is 6.10 Å². The lowest BCUT2D eigenvalue weighted by molar-refractivity contribution is 0.0384. The number of rotatable bonds is 5. The highest BCUT2D eigenvalue weighted by molar-refractivity contribution is 4.99. The Morgan fingerprint density at radius 3 is 2.80 bits per heavy atom. The molecule has 2 atom stereocenters. The minimum atomic E-state index is -0.215. The first-order valence-corrected chi connectivity index (χ1v) is 5.43. The second-order valence-corrected chi connectivity index (χ2v) is 3.99. The summed E-state index contributed by atoms with van der Waals surface area (Å²) in [6, 6.07) is -0.215. The van der Waals surface area contributed by atoms with Crippen LogP contribution in [0.3, 0.4) is 0 Å². The molecule has 0 saturated heterocycles. The lowest BCUT2D eigenvalue weighted by Crippen LogP contribution is -2.10. The summed E-state index contributed by atoms with van der Waals surface area (Å²) < 4.78 is 10.7. The number of hydrogen-bond acceptors (Lipinski definition) is 5. The van der Waals surface area contributed by atoms with Gasteiger partial charge in [-0.25, -0.2) is 0 Å². The zero-order valence-corrected chi connectivity index (χ0v) is 9.14. The van der Waals surface area contributed by atoms with Gasteiger partial charge in [0.25, 0.3) is 0 Å². The minimum Gasteiger partial charge on any atom is -0.370 e. The molecule has 0 amide bonds. The molecule has 0 aliphatic heterocycles. The van der Waals surface area contributed by atoms with Crippen LogP contribution >= 0.6 is 0 Å². The maximum Gasteiger partial charge on any atom is 0.243 e. The van der Waals surface area contributed by atoms with Gasteiger partial charge in [0.2, 0.25) is 11.7 Å². The standard InChI is InChI=1S/C10H17N3O2/c1-3-14-8(7-4-5-7)9-12-10(6(2)11)15-13-9/h6-8H,3-5,11H2,1-2H3/t6-,8?/m1/s1. The third-order valence-corrected chi connectivity index (χ3v) is 2.50. The van der Waals surface area contributed by atoms with Gasteiger partial charge in [-0.05, 0) is 32.6 Å². The molecule has 5 nitrogen and oxygen atoms in total. The van der Waals surface area contributed by atoms with Crippen LogP contribution in [0.2, 0.25) is 0 Å². The average Bonchev–Trinajstić information content (AvgIpc) is 2.91. The Kier molecular flexibility index (Phi) is 3.02. The van der Waals surface area contributed by atoms with Gasteiger partial charge in [-0.2, -0.15) is 4.98 Å². The summed E-state index contributed by atoms with van der Waals surface area (Å²) in [5.41, 5.74) is 5.66.